The summed E-state index contributed by atoms with van der Waals surface area (Å²) < 4.78 is 0. The van der Waals surface area contributed by atoms with Crippen LogP contribution in [0.2, 0.25) is 0 Å². The van der Waals surface area contributed by atoms with Gasteiger partial charge in [-0.3, -0.25) is 19.3 Å². The fourth-order valence-corrected chi connectivity index (χ4v) is 4.39. The molecule has 2 aliphatic rings. The van der Waals surface area contributed by atoms with Crippen LogP contribution in [0, 0.1) is 6.92 Å². The summed E-state index contributed by atoms with van der Waals surface area (Å²) in [5.74, 6) is -2.72. The number of fused-ring (bicyclic) bond motifs is 1. The van der Waals surface area contributed by atoms with Crippen molar-refractivity contribution in [1.82, 2.24) is 9.80 Å². The van der Waals surface area contributed by atoms with E-state index in [0.717, 1.165) is 10.6 Å². The van der Waals surface area contributed by atoms with Crippen molar-refractivity contribution < 1.29 is 24.3 Å². The Morgan fingerprint density at radius 2 is 1.47 bits per heavy atom. The van der Waals surface area contributed by atoms with Gasteiger partial charge in [0, 0.05) is 38.3 Å². The van der Waals surface area contributed by atoms with E-state index in [0.29, 0.717) is 26.2 Å². The summed E-state index contributed by atoms with van der Waals surface area (Å²) in [6.45, 7) is 4.52. The van der Waals surface area contributed by atoms with Crippen LogP contribution < -0.4 is 4.90 Å². The third-order valence-electron chi connectivity index (χ3n) is 6.14. The summed E-state index contributed by atoms with van der Waals surface area (Å²) in [6.07, 6.45) is -0.160. The number of carbonyl (C=O) groups is 4. The van der Waals surface area contributed by atoms with Gasteiger partial charge in [-0.2, -0.15) is 0 Å². The Bertz CT molecular complexity index is 1040. The predicted molar refractivity (Wildman–Crippen MR) is 118 cm³/mol. The van der Waals surface area contributed by atoms with Crippen LogP contribution in [0.5, 0.6) is 0 Å². The van der Waals surface area contributed by atoms with Crippen LogP contribution in [0.25, 0.3) is 0 Å². The Kier molecular flexibility index (Phi) is 5.94. The number of nitrogens with zero attached hydrogens (tertiary/aromatic N) is 3. The molecule has 2 aliphatic heterocycles. The molecule has 3 amide bonds. The van der Waals surface area contributed by atoms with Crippen LogP contribution in [-0.2, 0) is 9.59 Å². The number of hydrogen-bond acceptors (Lipinski definition) is 5. The van der Waals surface area contributed by atoms with Crippen LogP contribution >= 0.6 is 0 Å². The Hall–Kier alpha value is -3.68. The highest BCUT2D eigenvalue weighted by atomic mass is 16.4. The van der Waals surface area contributed by atoms with E-state index in [1.807, 2.05) is 12.1 Å². The van der Waals surface area contributed by atoms with Crippen molar-refractivity contribution in [2.75, 3.05) is 31.1 Å². The first kappa shape index (κ1) is 21.5. The SMILES string of the molecule is Cc1ccccc1N1CCN(C(=O)CC[C@@H](C(=O)O)N2C(=O)c3ccccc3C2=O)CC1. The number of carbonyl (C=O) groups excluding carboxylic acids is 3. The second kappa shape index (κ2) is 8.82. The largest absolute Gasteiger partial charge is 0.480 e. The number of carboxylic acids is 1. The molecule has 166 valence electrons. The highest BCUT2D eigenvalue weighted by Gasteiger charge is 2.42. The van der Waals surface area contributed by atoms with E-state index in [1.165, 1.54) is 17.7 Å². The topological polar surface area (TPSA) is 98.2 Å². The number of carboxylic acid groups (broad SMARTS) is 1. The van der Waals surface area contributed by atoms with Gasteiger partial charge in [-0.05, 0) is 37.1 Å². The summed E-state index contributed by atoms with van der Waals surface area (Å²) in [5.41, 5.74) is 2.72. The highest BCUT2D eigenvalue weighted by Crippen LogP contribution is 2.26. The van der Waals surface area contributed by atoms with Crippen molar-refractivity contribution in [2.45, 2.75) is 25.8 Å². The van der Waals surface area contributed by atoms with E-state index >= 15 is 0 Å². The minimum Gasteiger partial charge on any atom is -0.480 e. The highest BCUT2D eigenvalue weighted by molar-refractivity contribution is 6.22. The molecule has 1 saturated heterocycles. The second-order valence-corrected chi connectivity index (χ2v) is 8.07. The zero-order chi connectivity index (χ0) is 22.8. The molecule has 2 heterocycles. The van der Waals surface area contributed by atoms with E-state index in [4.69, 9.17) is 0 Å². The Morgan fingerprint density at radius 3 is 2.03 bits per heavy atom. The number of para-hydroxylation sites is 1. The van der Waals surface area contributed by atoms with Gasteiger partial charge < -0.3 is 14.9 Å². The van der Waals surface area contributed by atoms with Crippen molar-refractivity contribution in [2.24, 2.45) is 0 Å². The van der Waals surface area contributed by atoms with E-state index in [9.17, 15) is 24.3 Å². The average molecular weight is 435 g/mol. The first-order valence-electron chi connectivity index (χ1n) is 10.7. The summed E-state index contributed by atoms with van der Waals surface area (Å²) in [6, 6.07) is 13.0. The first-order valence-corrected chi connectivity index (χ1v) is 10.7. The smallest absolute Gasteiger partial charge is 0.326 e. The van der Waals surface area contributed by atoms with Crippen LogP contribution in [-0.4, -0.2) is 70.8 Å². The Balaban J connectivity index is 1.37. The molecular formula is C24H25N3O5. The fourth-order valence-electron chi connectivity index (χ4n) is 4.39. The van der Waals surface area contributed by atoms with Crippen molar-refractivity contribution >= 4 is 29.4 Å². The van der Waals surface area contributed by atoms with Crippen molar-refractivity contribution in [3.8, 4) is 0 Å². The summed E-state index contributed by atoms with van der Waals surface area (Å²) in [5, 5.41) is 9.68. The Morgan fingerprint density at radius 1 is 0.906 bits per heavy atom. The molecule has 0 saturated carbocycles. The lowest BCUT2D eigenvalue weighted by molar-refractivity contribution is -0.142. The molecule has 2 aromatic rings. The van der Waals surface area contributed by atoms with Crippen LogP contribution in [0.1, 0.15) is 39.1 Å². The maximum absolute atomic E-state index is 12.8. The third kappa shape index (κ3) is 3.95. The maximum Gasteiger partial charge on any atom is 0.326 e. The lowest BCUT2D eigenvalue weighted by atomic mass is 10.1. The molecule has 0 spiro atoms. The van der Waals surface area contributed by atoms with Gasteiger partial charge in [-0.1, -0.05) is 30.3 Å². The normalized spacial score (nSPS) is 16.8. The molecular weight excluding hydrogens is 410 g/mol. The summed E-state index contributed by atoms with van der Waals surface area (Å²) >= 11 is 0. The number of piperazine rings is 1. The number of aryl methyl sites for hydroxylation is 1. The van der Waals surface area contributed by atoms with Gasteiger partial charge in [0.15, 0.2) is 0 Å². The standard InChI is InChI=1S/C24H25N3O5/c1-16-6-2-5-9-19(16)25-12-14-26(15-13-25)21(28)11-10-20(24(31)32)27-22(29)17-7-3-4-8-18(17)23(27)30/h2-9,20H,10-15H2,1H3,(H,31,32)/t20-/m0/s1. The van der Waals surface area contributed by atoms with E-state index < -0.39 is 23.8 Å². The van der Waals surface area contributed by atoms with E-state index in [1.54, 1.807) is 17.0 Å². The Labute approximate surface area is 186 Å². The summed E-state index contributed by atoms with van der Waals surface area (Å²) in [7, 11) is 0. The lowest BCUT2D eigenvalue weighted by Gasteiger charge is -2.37. The van der Waals surface area contributed by atoms with Crippen molar-refractivity contribution in [3.05, 3.63) is 65.2 Å². The maximum atomic E-state index is 12.8. The quantitative estimate of drug-likeness (QED) is 0.699. The van der Waals surface area contributed by atoms with Gasteiger partial charge in [0.05, 0.1) is 11.1 Å². The molecule has 8 heteroatoms. The van der Waals surface area contributed by atoms with Crippen LogP contribution in [0.4, 0.5) is 5.69 Å². The first-order chi connectivity index (χ1) is 15.4. The predicted octanol–water partition coefficient (Wildman–Crippen LogP) is 2.17. The summed E-state index contributed by atoms with van der Waals surface area (Å²) in [4.78, 5) is 54.6. The molecule has 0 aliphatic carbocycles. The minimum atomic E-state index is -1.38. The number of aliphatic carboxylic acids is 1. The molecule has 1 N–H and O–H groups in total. The van der Waals surface area contributed by atoms with Gasteiger partial charge >= 0.3 is 5.97 Å². The van der Waals surface area contributed by atoms with Crippen LogP contribution in [0.3, 0.4) is 0 Å². The zero-order valence-corrected chi connectivity index (χ0v) is 17.9. The number of benzene rings is 2. The molecule has 0 bridgehead atoms. The molecule has 2 aromatic carbocycles. The lowest BCUT2D eigenvalue weighted by Crippen LogP contribution is -2.50. The van der Waals surface area contributed by atoms with Crippen LogP contribution in [0.15, 0.2) is 48.5 Å². The second-order valence-electron chi connectivity index (χ2n) is 8.07. The van der Waals surface area contributed by atoms with Gasteiger partial charge in [0.1, 0.15) is 6.04 Å². The van der Waals surface area contributed by atoms with E-state index in [2.05, 4.69) is 24.0 Å². The fraction of sp³-hybridized carbons (Fsp3) is 0.333. The molecule has 4 rings (SSSR count). The number of amides is 3. The van der Waals surface area contributed by atoms with Gasteiger partial charge in [0.2, 0.25) is 5.91 Å². The zero-order valence-electron chi connectivity index (χ0n) is 17.9. The average Bonchev–Trinajstić information content (AvgIpc) is 3.05. The molecule has 0 unspecified atom stereocenters. The number of anilines is 1. The number of rotatable bonds is 6. The molecule has 32 heavy (non-hydrogen) atoms. The number of imide groups is 1. The minimum absolute atomic E-state index is 0.0469. The monoisotopic (exact) mass is 435 g/mol. The molecule has 1 atom stereocenters. The molecule has 1 fully saturated rings. The van der Waals surface area contributed by atoms with Gasteiger partial charge in [0.25, 0.3) is 11.8 Å². The van der Waals surface area contributed by atoms with Gasteiger partial charge in [-0.25, -0.2) is 4.79 Å². The molecule has 0 radical (unpaired) electrons. The third-order valence-corrected chi connectivity index (χ3v) is 6.14. The molecule has 8 nitrogen and oxygen atoms in total. The molecule has 0 aromatic heterocycles. The van der Waals surface area contributed by atoms with Crippen molar-refractivity contribution in [1.29, 1.82) is 0 Å². The number of hydrogen-bond donors (Lipinski definition) is 1. The van der Waals surface area contributed by atoms with Crippen molar-refractivity contribution in [3.63, 3.8) is 0 Å². The van der Waals surface area contributed by atoms with Gasteiger partial charge in [-0.15, -0.1) is 0 Å². The van der Waals surface area contributed by atoms with E-state index in [-0.39, 0.29) is 29.9 Å².